The van der Waals surface area contributed by atoms with Gasteiger partial charge in [0.15, 0.2) is 0 Å². The highest BCUT2D eigenvalue weighted by Gasteiger charge is 2.14. The Morgan fingerprint density at radius 1 is 1.24 bits per heavy atom. The average Bonchev–Trinajstić information content (AvgIpc) is 2.27. The summed E-state index contributed by atoms with van der Waals surface area (Å²) in [5.74, 6) is 0.899. The first-order chi connectivity index (χ1) is 7.94. The standard InChI is InChI=1S/C15H25NO/c1-15(2,3)11-7-9-13(16)12-8-5-6-10-14(12)17-4/h5-6,8,10,13H,7,9,11,16H2,1-4H3. The first-order valence-electron chi connectivity index (χ1n) is 6.32. The third-order valence-corrected chi connectivity index (χ3v) is 2.98. The summed E-state index contributed by atoms with van der Waals surface area (Å²) in [5, 5.41) is 0. The van der Waals surface area contributed by atoms with E-state index in [2.05, 4.69) is 26.8 Å². The molecule has 0 radical (unpaired) electrons. The lowest BCUT2D eigenvalue weighted by molar-refractivity contribution is 0.350. The van der Waals surface area contributed by atoms with E-state index in [1.807, 2.05) is 18.2 Å². The van der Waals surface area contributed by atoms with Gasteiger partial charge in [0.2, 0.25) is 0 Å². The van der Waals surface area contributed by atoms with Gasteiger partial charge in [-0.15, -0.1) is 0 Å². The largest absolute Gasteiger partial charge is 0.496 e. The third kappa shape index (κ3) is 4.78. The Hall–Kier alpha value is -1.02. The predicted molar refractivity (Wildman–Crippen MR) is 73.2 cm³/mol. The van der Waals surface area contributed by atoms with Gasteiger partial charge in [-0.1, -0.05) is 45.4 Å². The van der Waals surface area contributed by atoms with Crippen LogP contribution in [0, 0.1) is 5.41 Å². The van der Waals surface area contributed by atoms with Crippen molar-refractivity contribution in [2.24, 2.45) is 11.1 Å². The summed E-state index contributed by atoms with van der Waals surface area (Å²) >= 11 is 0. The van der Waals surface area contributed by atoms with E-state index >= 15 is 0 Å². The number of hydrogen-bond donors (Lipinski definition) is 1. The van der Waals surface area contributed by atoms with E-state index in [1.165, 1.54) is 6.42 Å². The van der Waals surface area contributed by atoms with Gasteiger partial charge in [0.25, 0.3) is 0 Å². The zero-order valence-corrected chi connectivity index (χ0v) is 11.5. The van der Waals surface area contributed by atoms with Crippen molar-refractivity contribution in [2.75, 3.05) is 7.11 Å². The van der Waals surface area contributed by atoms with Crippen LogP contribution in [0.4, 0.5) is 0 Å². The molecule has 1 aromatic rings. The van der Waals surface area contributed by atoms with Crippen LogP contribution < -0.4 is 10.5 Å². The first-order valence-corrected chi connectivity index (χ1v) is 6.32. The van der Waals surface area contributed by atoms with Crippen molar-refractivity contribution in [3.8, 4) is 5.75 Å². The van der Waals surface area contributed by atoms with Gasteiger partial charge in [0.05, 0.1) is 7.11 Å². The monoisotopic (exact) mass is 235 g/mol. The normalized spacial score (nSPS) is 13.5. The molecule has 1 rings (SSSR count). The van der Waals surface area contributed by atoms with E-state index in [0.29, 0.717) is 5.41 Å². The van der Waals surface area contributed by atoms with Crippen LogP contribution in [0.1, 0.15) is 51.6 Å². The molecule has 1 atom stereocenters. The Morgan fingerprint density at radius 2 is 1.88 bits per heavy atom. The molecule has 0 spiro atoms. The highest BCUT2D eigenvalue weighted by molar-refractivity contribution is 5.35. The lowest BCUT2D eigenvalue weighted by Gasteiger charge is -2.20. The maximum atomic E-state index is 6.22. The summed E-state index contributed by atoms with van der Waals surface area (Å²) in [6, 6.07) is 8.10. The van der Waals surface area contributed by atoms with Crippen LogP contribution in [-0.2, 0) is 0 Å². The van der Waals surface area contributed by atoms with Gasteiger partial charge in [-0.25, -0.2) is 0 Å². The molecule has 1 aromatic carbocycles. The fraction of sp³-hybridized carbons (Fsp3) is 0.600. The molecule has 0 saturated carbocycles. The number of methoxy groups -OCH3 is 1. The molecule has 2 N–H and O–H groups in total. The topological polar surface area (TPSA) is 35.2 Å². The number of nitrogens with two attached hydrogens (primary N) is 1. The Labute approximate surface area is 105 Å². The van der Waals surface area contributed by atoms with Gasteiger partial charge in [0.1, 0.15) is 5.75 Å². The lowest BCUT2D eigenvalue weighted by atomic mass is 9.88. The Kier molecular flexibility index (Phi) is 5.01. The summed E-state index contributed by atoms with van der Waals surface area (Å²) < 4.78 is 5.33. The van der Waals surface area contributed by atoms with Crippen molar-refractivity contribution in [3.05, 3.63) is 29.8 Å². The van der Waals surface area contributed by atoms with Crippen LogP contribution in [0.3, 0.4) is 0 Å². The van der Waals surface area contributed by atoms with Crippen LogP contribution in [0.15, 0.2) is 24.3 Å². The molecular weight excluding hydrogens is 210 g/mol. The molecule has 0 heterocycles. The Morgan fingerprint density at radius 3 is 2.47 bits per heavy atom. The van der Waals surface area contributed by atoms with Gasteiger partial charge in [-0.3, -0.25) is 0 Å². The predicted octanol–water partition coefficient (Wildman–Crippen LogP) is 3.91. The quantitative estimate of drug-likeness (QED) is 0.839. The molecule has 2 heteroatoms. The molecule has 0 fully saturated rings. The number of benzene rings is 1. The minimum atomic E-state index is 0.0773. The van der Waals surface area contributed by atoms with E-state index in [4.69, 9.17) is 10.5 Å². The highest BCUT2D eigenvalue weighted by Crippen LogP contribution is 2.29. The van der Waals surface area contributed by atoms with Crippen molar-refractivity contribution in [1.29, 1.82) is 0 Å². The molecule has 17 heavy (non-hydrogen) atoms. The van der Waals surface area contributed by atoms with E-state index in [-0.39, 0.29) is 6.04 Å². The van der Waals surface area contributed by atoms with Crippen molar-refractivity contribution in [2.45, 2.75) is 46.1 Å². The average molecular weight is 235 g/mol. The molecular formula is C15H25NO. The number of para-hydroxylation sites is 1. The molecule has 0 aromatic heterocycles. The van der Waals surface area contributed by atoms with Gasteiger partial charge >= 0.3 is 0 Å². The van der Waals surface area contributed by atoms with Crippen molar-refractivity contribution in [1.82, 2.24) is 0 Å². The zero-order valence-electron chi connectivity index (χ0n) is 11.5. The highest BCUT2D eigenvalue weighted by atomic mass is 16.5. The van der Waals surface area contributed by atoms with E-state index in [9.17, 15) is 0 Å². The van der Waals surface area contributed by atoms with Crippen LogP contribution in [0.5, 0.6) is 5.75 Å². The second-order valence-corrected chi connectivity index (χ2v) is 5.80. The zero-order chi connectivity index (χ0) is 12.9. The van der Waals surface area contributed by atoms with Gasteiger partial charge in [0, 0.05) is 11.6 Å². The Bertz CT molecular complexity index is 341. The molecule has 0 saturated heterocycles. The molecule has 0 amide bonds. The molecule has 2 nitrogen and oxygen atoms in total. The fourth-order valence-electron chi connectivity index (χ4n) is 1.98. The lowest BCUT2D eigenvalue weighted by Crippen LogP contribution is -2.13. The summed E-state index contributed by atoms with van der Waals surface area (Å²) in [7, 11) is 1.70. The SMILES string of the molecule is COc1ccccc1C(N)CCCC(C)(C)C. The van der Waals surface area contributed by atoms with Gasteiger partial charge < -0.3 is 10.5 Å². The molecule has 96 valence electrons. The second-order valence-electron chi connectivity index (χ2n) is 5.80. The van der Waals surface area contributed by atoms with Gasteiger partial charge in [-0.2, -0.15) is 0 Å². The van der Waals surface area contributed by atoms with Crippen molar-refractivity contribution < 1.29 is 4.74 Å². The first kappa shape index (κ1) is 14.0. The second kappa shape index (κ2) is 6.06. The van der Waals surface area contributed by atoms with Crippen LogP contribution in [-0.4, -0.2) is 7.11 Å². The third-order valence-electron chi connectivity index (χ3n) is 2.98. The minimum Gasteiger partial charge on any atom is -0.496 e. The summed E-state index contributed by atoms with van der Waals surface area (Å²) in [6.45, 7) is 6.80. The molecule has 0 aliphatic rings. The van der Waals surface area contributed by atoms with Crippen LogP contribution in [0.25, 0.3) is 0 Å². The molecule has 0 aliphatic heterocycles. The van der Waals surface area contributed by atoms with Crippen molar-refractivity contribution >= 4 is 0 Å². The minimum absolute atomic E-state index is 0.0773. The summed E-state index contributed by atoms with van der Waals surface area (Å²) in [6.07, 6.45) is 3.37. The van der Waals surface area contributed by atoms with Crippen LogP contribution in [0.2, 0.25) is 0 Å². The van der Waals surface area contributed by atoms with E-state index < -0.39 is 0 Å². The smallest absolute Gasteiger partial charge is 0.123 e. The fourth-order valence-corrected chi connectivity index (χ4v) is 1.98. The van der Waals surface area contributed by atoms with Gasteiger partial charge in [-0.05, 0) is 24.3 Å². The maximum Gasteiger partial charge on any atom is 0.123 e. The molecule has 0 bridgehead atoms. The van der Waals surface area contributed by atoms with E-state index in [1.54, 1.807) is 7.11 Å². The number of rotatable bonds is 5. The summed E-state index contributed by atoms with van der Waals surface area (Å²) in [4.78, 5) is 0. The maximum absolute atomic E-state index is 6.22. The Balaban J connectivity index is 2.55. The number of hydrogen-bond acceptors (Lipinski definition) is 2. The molecule has 1 unspecified atom stereocenters. The number of ether oxygens (including phenoxy) is 1. The molecule has 0 aliphatic carbocycles. The van der Waals surface area contributed by atoms with Crippen LogP contribution >= 0.6 is 0 Å². The summed E-state index contributed by atoms with van der Waals surface area (Å²) in [5.41, 5.74) is 7.72. The van der Waals surface area contributed by atoms with E-state index in [0.717, 1.165) is 24.2 Å². The van der Waals surface area contributed by atoms with Crippen molar-refractivity contribution in [3.63, 3.8) is 0 Å².